The van der Waals surface area contributed by atoms with Crippen LogP contribution in [0, 0.1) is 0 Å². The van der Waals surface area contributed by atoms with Crippen LogP contribution in [0.5, 0.6) is 0 Å². The summed E-state index contributed by atoms with van der Waals surface area (Å²) in [4.78, 5) is 18.6. The molecule has 1 amide bonds. The van der Waals surface area contributed by atoms with Crippen molar-refractivity contribution in [2.45, 2.75) is 13.0 Å². The summed E-state index contributed by atoms with van der Waals surface area (Å²) in [5, 5.41) is 10.2. The zero-order valence-electron chi connectivity index (χ0n) is 8.27. The highest BCUT2D eigenvalue weighted by Gasteiger charge is 2.16. The Hall–Kier alpha value is -1.47. The van der Waals surface area contributed by atoms with Gasteiger partial charge in [0.2, 0.25) is 9.47 Å². The van der Waals surface area contributed by atoms with Crippen LogP contribution in [0.25, 0.3) is 0 Å². The maximum atomic E-state index is 11.7. The molecule has 2 N–H and O–H groups in total. The predicted octanol–water partition coefficient (Wildman–Crippen LogP) is 1.41. The predicted molar refractivity (Wildman–Crippen MR) is 59.4 cm³/mol. The SMILES string of the molecule is CC(NC(=O)c1nnc(Cl)s1)c1ncc[nH]1. The molecule has 0 radical (unpaired) electrons. The average molecular weight is 258 g/mol. The van der Waals surface area contributed by atoms with E-state index in [1.54, 1.807) is 12.4 Å². The third-order valence-electron chi connectivity index (χ3n) is 1.87. The minimum Gasteiger partial charge on any atom is -0.347 e. The number of rotatable bonds is 3. The molecule has 1 atom stereocenters. The molecule has 84 valence electrons. The Balaban J connectivity index is 2.03. The van der Waals surface area contributed by atoms with Crippen molar-refractivity contribution in [3.63, 3.8) is 0 Å². The summed E-state index contributed by atoms with van der Waals surface area (Å²) in [5.74, 6) is 0.372. The van der Waals surface area contributed by atoms with Gasteiger partial charge in [-0.05, 0) is 18.5 Å². The van der Waals surface area contributed by atoms with E-state index >= 15 is 0 Å². The number of nitrogens with one attached hydrogen (secondary N) is 2. The molecule has 0 aliphatic heterocycles. The molecule has 2 rings (SSSR count). The van der Waals surface area contributed by atoms with E-state index in [2.05, 4.69) is 25.5 Å². The van der Waals surface area contributed by atoms with Gasteiger partial charge in [-0.1, -0.05) is 11.3 Å². The lowest BCUT2D eigenvalue weighted by molar-refractivity contribution is 0.0937. The molecule has 6 nitrogen and oxygen atoms in total. The van der Waals surface area contributed by atoms with Gasteiger partial charge in [-0.2, -0.15) is 0 Å². The van der Waals surface area contributed by atoms with E-state index in [1.165, 1.54) is 0 Å². The average Bonchev–Trinajstić information content (AvgIpc) is 2.87. The molecule has 0 aliphatic carbocycles. The molecule has 0 saturated carbocycles. The van der Waals surface area contributed by atoms with Crippen LogP contribution in [0.3, 0.4) is 0 Å². The first kappa shape index (κ1) is 11.0. The van der Waals surface area contributed by atoms with Gasteiger partial charge in [-0.25, -0.2) is 4.98 Å². The Kier molecular flexibility index (Phi) is 3.16. The number of amides is 1. The third kappa shape index (κ3) is 2.37. The molecule has 2 aromatic rings. The van der Waals surface area contributed by atoms with Crippen molar-refractivity contribution in [1.82, 2.24) is 25.5 Å². The van der Waals surface area contributed by atoms with Crippen molar-refractivity contribution < 1.29 is 4.79 Å². The number of nitrogens with zero attached hydrogens (tertiary/aromatic N) is 3. The fraction of sp³-hybridized carbons (Fsp3) is 0.250. The Morgan fingerprint density at radius 1 is 1.62 bits per heavy atom. The van der Waals surface area contributed by atoms with Gasteiger partial charge < -0.3 is 10.3 Å². The first-order valence-corrected chi connectivity index (χ1v) is 5.65. The number of imidazole rings is 1. The van der Waals surface area contributed by atoms with Crippen LogP contribution in [0.1, 0.15) is 28.6 Å². The normalized spacial score (nSPS) is 12.4. The monoisotopic (exact) mass is 257 g/mol. The number of aromatic amines is 1. The molecule has 0 aromatic carbocycles. The topological polar surface area (TPSA) is 83.6 Å². The standard InChI is InChI=1S/C8H8ClN5OS/c1-4(5-10-2-3-11-5)12-6(15)7-13-14-8(9)16-7/h2-4H,1H3,(H,10,11)(H,12,15). The van der Waals surface area contributed by atoms with Gasteiger partial charge >= 0.3 is 0 Å². The summed E-state index contributed by atoms with van der Waals surface area (Å²) in [7, 11) is 0. The summed E-state index contributed by atoms with van der Waals surface area (Å²) in [6.07, 6.45) is 3.32. The van der Waals surface area contributed by atoms with Crippen molar-refractivity contribution in [1.29, 1.82) is 0 Å². The van der Waals surface area contributed by atoms with Gasteiger partial charge in [0.1, 0.15) is 5.82 Å². The second kappa shape index (κ2) is 4.58. The first-order chi connectivity index (χ1) is 7.66. The van der Waals surface area contributed by atoms with Crippen molar-refractivity contribution in [3.8, 4) is 0 Å². The molecule has 2 heterocycles. The molecule has 0 bridgehead atoms. The molecule has 0 fully saturated rings. The van der Waals surface area contributed by atoms with Crippen molar-refractivity contribution >= 4 is 28.8 Å². The molecule has 8 heteroatoms. The van der Waals surface area contributed by atoms with Crippen LogP contribution in [-0.2, 0) is 0 Å². The number of hydrogen-bond donors (Lipinski definition) is 2. The number of halogens is 1. The van der Waals surface area contributed by atoms with E-state index in [4.69, 9.17) is 11.6 Å². The smallest absolute Gasteiger partial charge is 0.282 e. The van der Waals surface area contributed by atoms with Gasteiger partial charge in [0, 0.05) is 12.4 Å². The Bertz CT molecular complexity index is 482. The van der Waals surface area contributed by atoms with E-state index < -0.39 is 0 Å². The number of hydrogen-bond acceptors (Lipinski definition) is 5. The van der Waals surface area contributed by atoms with Gasteiger partial charge in [-0.15, -0.1) is 10.2 Å². The highest BCUT2D eigenvalue weighted by Crippen LogP contribution is 2.15. The molecular weight excluding hydrogens is 250 g/mol. The Morgan fingerprint density at radius 3 is 3.00 bits per heavy atom. The lowest BCUT2D eigenvalue weighted by Crippen LogP contribution is -2.27. The summed E-state index contributed by atoms with van der Waals surface area (Å²) < 4.78 is 0.246. The lowest BCUT2D eigenvalue weighted by atomic mass is 10.3. The number of aromatic nitrogens is 4. The maximum Gasteiger partial charge on any atom is 0.282 e. The van der Waals surface area contributed by atoms with E-state index in [0.717, 1.165) is 11.3 Å². The second-order valence-corrected chi connectivity index (χ2v) is 4.59. The zero-order valence-corrected chi connectivity index (χ0v) is 9.84. The maximum absolute atomic E-state index is 11.7. The second-order valence-electron chi connectivity index (χ2n) is 3.03. The summed E-state index contributed by atoms with van der Waals surface area (Å²) in [6, 6.07) is -0.217. The Morgan fingerprint density at radius 2 is 2.44 bits per heavy atom. The molecular formula is C8H8ClN5OS. The van der Waals surface area contributed by atoms with E-state index in [-0.39, 0.29) is 21.4 Å². The first-order valence-electron chi connectivity index (χ1n) is 4.46. The molecule has 16 heavy (non-hydrogen) atoms. The van der Waals surface area contributed by atoms with Crippen LogP contribution in [0.2, 0.25) is 4.47 Å². The number of carbonyl (C=O) groups excluding carboxylic acids is 1. The van der Waals surface area contributed by atoms with Crippen molar-refractivity contribution in [2.75, 3.05) is 0 Å². The fourth-order valence-electron chi connectivity index (χ4n) is 1.14. The van der Waals surface area contributed by atoms with Crippen LogP contribution >= 0.6 is 22.9 Å². The van der Waals surface area contributed by atoms with Crippen molar-refractivity contribution in [2.24, 2.45) is 0 Å². The molecule has 0 saturated heterocycles. The van der Waals surface area contributed by atoms with Crippen LogP contribution in [-0.4, -0.2) is 26.1 Å². The summed E-state index contributed by atoms with van der Waals surface area (Å²) in [5.41, 5.74) is 0. The minimum absolute atomic E-state index is 0.217. The van der Waals surface area contributed by atoms with Crippen LogP contribution in [0.4, 0.5) is 0 Å². The fourth-order valence-corrected chi connectivity index (χ4v) is 1.87. The van der Waals surface area contributed by atoms with Crippen LogP contribution < -0.4 is 5.32 Å². The molecule has 1 unspecified atom stereocenters. The van der Waals surface area contributed by atoms with E-state index in [9.17, 15) is 4.79 Å². The van der Waals surface area contributed by atoms with Gasteiger partial charge in [0.15, 0.2) is 0 Å². The number of carbonyl (C=O) groups is 1. The largest absolute Gasteiger partial charge is 0.347 e. The molecule has 0 aliphatic rings. The summed E-state index contributed by atoms with van der Waals surface area (Å²) >= 11 is 6.62. The lowest BCUT2D eigenvalue weighted by Gasteiger charge is -2.09. The van der Waals surface area contributed by atoms with Gasteiger partial charge in [0.05, 0.1) is 6.04 Å². The van der Waals surface area contributed by atoms with E-state index in [0.29, 0.717) is 5.82 Å². The minimum atomic E-state index is -0.312. The van der Waals surface area contributed by atoms with Crippen LogP contribution in [0.15, 0.2) is 12.4 Å². The van der Waals surface area contributed by atoms with E-state index in [1.807, 2.05) is 6.92 Å². The molecule has 0 spiro atoms. The Labute approximate surface area is 100 Å². The zero-order chi connectivity index (χ0) is 11.5. The number of H-pyrrole nitrogens is 1. The van der Waals surface area contributed by atoms with Gasteiger partial charge in [-0.3, -0.25) is 4.79 Å². The van der Waals surface area contributed by atoms with Crippen molar-refractivity contribution in [3.05, 3.63) is 27.7 Å². The summed E-state index contributed by atoms with van der Waals surface area (Å²) in [6.45, 7) is 1.82. The third-order valence-corrected chi connectivity index (χ3v) is 2.89. The highest BCUT2D eigenvalue weighted by atomic mass is 35.5. The highest BCUT2D eigenvalue weighted by molar-refractivity contribution is 7.17. The quantitative estimate of drug-likeness (QED) is 0.871. The molecule has 2 aromatic heterocycles. The van der Waals surface area contributed by atoms with Gasteiger partial charge in [0.25, 0.3) is 5.91 Å².